The second-order valence-electron chi connectivity index (χ2n) is 3.08. The summed E-state index contributed by atoms with van der Waals surface area (Å²) in [5.74, 6) is -0.959. The van der Waals surface area contributed by atoms with Gasteiger partial charge in [0.2, 0.25) is 0 Å². The fourth-order valence-corrected chi connectivity index (χ4v) is 0.955. The van der Waals surface area contributed by atoms with E-state index >= 15 is 0 Å². The minimum absolute atomic E-state index is 0. The quantitative estimate of drug-likeness (QED) is 0.614. The molecule has 5 N–H and O–H groups in total. The maximum absolute atomic E-state index is 10.4. The molecule has 0 unspecified atom stereocenters. The van der Waals surface area contributed by atoms with E-state index in [1.807, 2.05) is 30.3 Å². The summed E-state index contributed by atoms with van der Waals surface area (Å²) >= 11 is 0. The zero-order valence-electron chi connectivity index (χ0n) is 9.32. The van der Waals surface area contributed by atoms with E-state index in [9.17, 15) is 4.79 Å². The zero-order valence-corrected chi connectivity index (χ0v) is 10.1. The van der Waals surface area contributed by atoms with Crippen LogP contribution >= 0.6 is 12.4 Å². The number of carbonyl (C=O) groups is 1. The molecule has 0 aromatic heterocycles. The molecule has 5 nitrogen and oxygen atoms in total. The van der Waals surface area contributed by atoms with Gasteiger partial charge >= 0.3 is 5.97 Å². The Morgan fingerprint density at radius 2 is 1.65 bits per heavy atom. The highest BCUT2D eigenvalue weighted by Crippen LogP contribution is 2.01. The number of carboxylic acids is 1. The second kappa shape index (κ2) is 11.3. The van der Waals surface area contributed by atoms with Crippen molar-refractivity contribution >= 4 is 18.4 Å². The highest BCUT2D eigenvalue weighted by atomic mass is 35.5. The van der Waals surface area contributed by atoms with Gasteiger partial charge in [-0.25, -0.2) is 0 Å². The highest BCUT2D eigenvalue weighted by Gasteiger charge is 2.10. The molecule has 6 heteroatoms. The zero-order chi connectivity index (χ0) is 12.4. The first kappa shape index (κ1) is 18.2. The first-order valence-corrected chi connectivity index (χ1v) is 4.85. The summed E-state index contributed by atoms with van der Waals surface area (Å²) in [6, 6.07) is 8.54. The third kappa shape index (κ3) is 9.77. The Morgan fingerprint density at radius 1 is 1.18 bits per heavy atom. The first-order chi connectivity index (χ1) is 7.61. The van der Waals surface area contributed by atoms with Crippen LogP contribution in [-0.2, 0) is 11.2 Å². The minimum Gasteiger partial charge on any atom is -0.480 e. The molecular formula is C11H18ClNO4. The van der Waals surface area contributed by atoms with Gasteiger partial charge in [0, 0.05) is 0 Å². The van der Waals surface area contributed by atoms with E-state index in [4.69, 9.17) is 21.1 Å². The Kier molecular flexibility index (Phi) is 12.2. The summed E-state index contributed by atoms with van der Waals surface area (Å²) in [7, 11) is 0. The Hall–Kier alpha value is -1.14. The smallest absolute Gasteiger partial charge is 0.320 e. The van der Waals surface area contributed by atoms with Crippen LogP contribution in [0.15, 0.2) is 30.3 Å². The predicted octanol–water partition coefficient (Wildman–Crippen LogP) is 0.0338. The van der Waals surface area contributed by atoms with E-state index in [0.29, 0.717) is 6.42 Å². The van der Waals surface area contributed by atoms with Crippen LogP contribution in [0.2, 0.25) is 0 Å². The van der Waals surface area contributed by atoms with Crippen LogP contribution in [0.1, 0.15) is 5.56 Å². The average Bonchev–Trinajstić information content (AvgIpc) is 2.30. The van der Waals surface area contributed by atoms with Crippen molar-refractivity contribution in [2.45, 2.75) is 12.5 Å². The maximum atomic E-state index is 10.4. The topological polar surface area (TPSA) is 104 Å². The molecule has 0 aliphatic carbocycles. The Bertz CT molecular complexity index is 293. The number of carboxylic acid groups (broad SMARTS) is 1. The van der Waals surface area contributed by atoms with Crippen molar-refractivity contribution < 1.29 is 20.1 Å². The number of aliphatic hydroxyl groups excluding tert-OH is 2. The number of hydrogen-bond acceptors (Lipinski definition) is 4. The Morgan fingerprint density at radius 3 is 2.00 bits per heavy atom. The van der Waals surface area contributed by atoms with E-state index < -0.39 is 12.0 Å². The van der Waals surface area contributed by atoms with Gasteiger partial charge in [-0.3, -0.25) is 4.79 Å². The van der Waals surface area contributed by atoms with E-state index in [-0.39, 0.29) is 25.6 Å². The van der Waals surface area contributed by atoms with Gasteiger partial charge in [-0.15, -0.1) is 12.4 Å². The molecule has 17 heavy (non-hydrogen) atoms. The lowest BCUT2D eigenvalue weighted by Gasteiger charge is -2.04. The van der Waals surface area contributed by atoms with Crippen molar-refractivity contribution in [1.82, 2.24) is 0 Å². The number of rotatable bonds is 4. The van der Waals surface area contributed by atoms with Crippen molar-refractivity contribution in [2.24, 2.45) is 5.73 Å². The van der Waals surface area contributed by atoms with Crippen LogP contribution in [0, 0.1) is 0 Å². The summed E-state index contributed by atoms with van der Waals surface area (Å²) in [5.41, 5.74) is 6.30. The number of halogens is 1. The van der Waals surface area contributed by atoms with Crippen molar-refractivity contribution in [1.29, 1.82) is 0 Å². The monoisotopic (exact) mass is 263 g/mol. The molecule has 0 amide bonds. The molecule has 1 rings (SSSR count). The largest absolute Gasteiger partial charge is 0.480 e. The van der Waals surface area contributed by atoms with Crippen molar-refractivity contribution in [3.8, 4) is 0 Å². The van der Waals surface area contributed by atoms with Crippen LogP contribution in [-0.4, -0.2) is 40.5 Å². The van der Waals surface area contributed by atoms with Gasteiger partial charge in [0.15, 0.2) is 0 Å². The predicted molar refractivity (Wildman–Crippen MR) is 67.2 cm³/mol. The Balaban J connectivity index is 0. The first-order valence-electron chi connectivity index (χ1n) is 4.85. The summed E-state index contributed by atoms with van der Waals surface area (Å²) in [4.78, 5) is 10.4. The summed E-state index contributed by atoms with van der Waals surface area (Å²) in [5, 5.41) is 23.8. The molecule has 0 bridgehead atoms. The average molecular weight is 264 g/mol. The second-order valence-corrected chi connectivity index (χ2v) is 3.08. The van der Waals surface area contributed by atoms with Crippen molar-refractivity contribution in [2.75, 3.05) is 13.2 Å². The van der Waals surface area contributed by atoms with Crippen LogP contribution in [0.4, 0.5) is 0 Å². The highest BCUT2D eigenvalue weighted by molar-refractivity contribution is 5.85. The molecule has 1 atom stereocenters. The summed E-state index contributed by atoms with van der Waals surface area (Å²) < 4.78 is 0. The molecule has 0 fully saturated rings. The summed E-state index contributed by atoms with van der Waals surface area (Å²) in [6.45, 7) is -0.250. The van der Waals surface area contributed by atoms with Crippen LogP contribution in [0.25, 0.3) is 0 Å². The molecule has 0 saturated heterocycles. The fourth-order valence-electron chi connectivity index (χ4n) is 0.955. The molecular weight excluding hydrogens is 246 g/mol. The molecule has 0 spiro atoms. The molecule has 0 saturated carbocycles. The van der Waals surface area contributed by atoms with Gasteiger partial charge in [-0.2, -0.15) is 0 Å². The lowest BCUT2D eigenvalue weighted by atomic mass is 10.1. The van der Waals surface area contributed by atoms with Crippen molar-refractivity contribution in [3.63, 3.8) is 0 Å². The number of aliphatic carboxylic acids is 1. The standard InChI is InChI=1S/C9H11NO2.C2H6O2.ClH/c10-8(9(11)12)6-7-4-2-1-3-5-7;3-1-2-4;/h1-5,8H,6,10H2,(H,11,12);3-4H,1-2H2;1H/t8-;;/m0../s1. The molecule has 0 aliphatic heterocycles. The van der Waals surface area contributed by atoms with Crippen LogP contribution in [0.3, 0.4) is 0 Å². The van der Waals surface area contributed by atoms with Gasteiger partial charge in [-0.05, 0) is 12.0 Å². The van der Waals surface area contributed by atoms with Crippen LogP contribution < -0.4 is 5.73 Å². The maximum Gasteiger partial charge on any atom is 0.320 e. The van der Waals surface area contributed by atoms with Gasteiger partial charge < -0.3 is 21.1 Å². The summed E-state index contributed by atoms with van der Waals surface area (Å²) in [6.07, 6.45) is 0.385. The molecule has 1 aromatic rings. The lowest BCUT2D eigenvalue weighted by molar-refractivity contribution is -0.138. The van der Waals surface area contributed by atoms with Gasteiger partial charge in [0.25, 0.3) is 0 Å². The van der Waals surface area contributed by atoms with Crippen molar-refractivity contribution in [3.05, 3.63) is 35.9 Å². The number of nitrogens with two attached hydrogens (primary N) is 1. The van der Waals surface area contributed by atoms with E-state index in [1.165, 1.54) is 0 Å². The van der Waals surface area contributed by atoms with E-state index in [2.05, 4.69) is 0 Å². The fraction of sp³-hybridized carbons (Fsp3) is 0.364. The van der Waals surface area contributed by atoms with Gasteiger partial charge in [0.05, 0.1) is 13.2 Å². The molecule has 0 heterocycles. The van der Waals surface area contributed by atoms with E-state index in [1.54, 1.807) is 0 Å². The Labute approximate surface area is 106 Å². The molecule has 98 valence electrons. The number of benzene rings is 1. The van der Waals surface area contributed by atoms with E-state index in [0.717, 1.165) is 5.56 Å². The molecule has 0 radical (unpaired) electrons. The normalized spacial score (nSPS) is 10.5. The van der Waals surface area contributed by atoms with Crippen LogP contribution in [0.5, 0.6) is 0 Å². The number of hydrogen-bond donors (Lipinski definition) is 4. The minimum atomic E-state index is -0.959. The third-order valence-electron chi connectivity index (χ3n) is 1.72. The number of aliphatic hydroxyl groups is 2. The SMILES string of the molecule is Cl.N[C@@H](Cc1ccccc1)C(=O)O.OCCO. The lowest BCUT2D eigenvalue weighted by Crippen LogP contribution is -2.32. The molecule has 1 aromatic carbocycles. The van der Waals surface area contributed by atoms with Gasteiger partial charge in [-0.1, -0.05) is 30.3 Å². The molecule has 0 aliphatic rings. The van der Waals surface area contributed by atoms with Gasteiger partial charge in [0.1, 0.15) is 6.04 Å². The third-order valence-corrected chi connectivity index (χ3v) is 1.72.